The van der Waals surface area contributed by atoms with Crippen LogP contribution in [0.1, 0.15) is 84.0 Å². The molecule has 2 atom stereocenters. The van der Waals surface area contributed by atoms with Crippen LogP contribution in [0, 0.1) is 0 Å². The molecule has 0 heterocycles. The number of esters is 1. The molecule has 0 aliphatic carbocycles. The molecule has 188 valence electrons. The fourth-order valence-electron chi connectivity index (χ4n) is 2.78. The highest BCUT2D eigenvalue weighted by Gasteiger charge is 2.22. The quantitative estimate of drug-likeness (QED) is 0.0878. The first-order chi connectivity index (χ1) is 15.4. The Hall–Kier alpha value is -1.02. The minimum atomic E-state index is -4.24. The van der Waals surface area contributed by atoms with Gasteiger partial charge >= 0.3 is 13.8 Å². The highest BCUT2D eigenvalue weighted by atomic mass is 31.2. The molecule has 0 spiro atoms. The first kappa shape index (κ1) is 31.0. The molecule has 2 unspecified atom stereocenters. The minimum Gasteiger partial charge on any atom is -0.463 e. The van der Waals surface area contributed by atoms with Crippen molar-refractivity contribution >= 4 is 13.8 Å². The smallest absolute Gasteiger partial charge is 0.463 e. The molecule has 8 nitrogen and oxygen atoms in total. The normalized spacial score (nSPS) is 14.8. The van der Waals surface area contributed by atoms with E-state index < -0.39 is 26.5 Å². The molecule has 0 bridgehead atoms. The molecule has 0 aromatic heterocycles. The molecule has 0 aromatic rings. The number of aliphatic hydroxyl groups is 1. The van der Waals surface area contributed by atoms with Crippen LogP contribution in [-0.4, -0.2) is 48.4 Å². The predicted octanol–water partition coefficient (Wildman–Crippen LogP) is 4.80. The number of ether oxygens (including phenoxy) is 1. The molecule has 0 aromatic carbocycles. The fraction of sp³-hybridized carbons (Fsp3) is 0.783. The third-order valence-corrected chi connectivity index (χ3v) is 5.55. The van der Waals surface area contributed by atoms with Crippen molar-refractivity contribution in [2.45, 2.75) is 90.1 Å². The van der Waals surface area contributed by atoms with Crippen molar-refractivity contribution in [3.63, 3.8) is 0 Å². The second kappa shape index (κ2) is 21.8. The van der Waals surface area contributed by atoms with Crippen molar-refractivity contribution in [3.8, 4) is 0 Å². The lowest BCUT2D eigenvalue weighted by atomic mass is 10.1. The van der Waals surface area contributed by atoms with Crippen molar-refractivity contribution < 1.29 is 33.1 Å². The van der Waals surface area contributed by atoms with Gasteiger partial charge in [-0.1, -0.05) is 63.3 Å². The first-order valence-corrected chi connectivity index (χ1v) is 13.4. The van der Waals surface area contributed by atoms with Crippen LogP contribution in [0.2, 0.25) is 0 Å². The van der Waals surface area contributed by atoms with Crippen molar-refractivity contribution in [2.75, 3.05) is 26.4 Å². The Morgan fingerprint density at radius 1 is 0.938 bits per heavy atom. The van der Waals surface area contributed by atoms with E-state index in [1.54, 1.807) is 0 Å². The Labute approximate surface area is 193 Å². The average molecular weight is 478 g/mol. The minimum absolute atomic E-state index is 0.0717. The number of rotatable bonds is 22. The highest BCUT2D eigenvalue weighted by Crippen LogP contribution is 2.42. The van der Waals surface area contributed by atoms with Crippen LogP contribution in [0.15, 0.2) is 24.3 Å². The van der Waals surface area contributed by atoms with E-state index in [1.165, 1.54) is 25.7 Å². The summed E-state index contributed by atoms with van der Waals surface area (Å²) in [6, 6.07) is 0. The zero-order chi connectivity index (χ0) is 23.9. The van der Waals surface area contributed by atoms with Gasteiger partial charge in [0.05, 0.1) is 13.2 Å². The molecule has 0 saturated heterocycles. The van der Waals surface area contributed by atoms with Crippen molar-refractivity contribution in [2.24, 2.45) is 5.73 Å². The van der Waals surface area contributed by atoms with Crippen LogP contribution >= 0.6 is 7.82 Å². The summed E-state index contributed by atoms with van der Waals surface area (Å²) in [7, 11) is -4.24. The molecule has 0 radical (unpaired) electrons. The van der Waals surface area contributed by atoms with Crippen LogP contribution in [0.3, 0.4) is 0 Å². The van der Waals surface area contributed by atoms with E-state index in [-0.39, 0.29) is 26.2 Å². The highest BCUT2D eigenvalue weighted by molar-refractivity contribution is 7.47. The van der Waals surface area contributed by atoms with E-state index >= 15 is 0 Å². The Balaban J connectivity index is 3.54. The lowest BCUT2D eigenvalue weighted by Crippen LogP contribution is -2.23. The molecule has 4 N–H and O–H groups in total. The molecule has 0 aliphatic heterocycles. The summed E-state index contributed by atoms with van der Waals surface area (Å²) in [5, 5.41) is 9.67. The summed E-state index contributed by atoms with van der Waals surface area (Å²) in [5.41, 5.74) is 5.16. The van der Waals surface area contributed by atoms with Crippen LogP contribution in [-0.2, 0) is 23.1 Å². The fourth-order valence-corrected chi connectivity index (χ4v) is 3.55. The van der Waals surface area contributed by atoms with Gasteiger partial charge in [0.2, 0.25) is 0 Å². The van der Waals surface area contributed by atoms with Crippen molar-refractivity contribution in [3.05, 3.63) is 24.3 Å². The lowest BCUT2D eigenvalue weighted by molar-refractivity contribution is -0.147. The zero-order valence-corrected chi connectivity index (χ0v) is 20.6. The Kier molecular flexibility index (Phi) is 21.1. The molecule has 0 amide bonds. The SMILES string of the molecule is CCCCC/C=C/C/C=C/CCCCCCCC(=O)OCC(O)COP(=O)(O)OCCN. The monoisotopic (exact) mass is 477 g/mol. The number of allylic oxidation sites excluding steroid dienone is 4. The van der Waals surface area contributed by atoms with E-state index in [2.05, 4.69) is 40.3 Å². The van der Waals surface area contributed by atoms with E-state index in [0.717, 1.165) is 44.9 Å². The molecule has 9 heteroatoms. The third kappa shape index (κ3) is 22.2. The van der Waals surface area contributed by atoms with Gasteiger partial charge in [0.1, 0.15) is 12.7 Å². The second-order valence-electron chi connectivity index (χ2n) is 7.70. The van der Waals surface area contributed by atoms with Crippen LogP contribution in [0.25, 0.3) is 0 Å². The number of hydrogen-bond donors (Lipinski definition) is 3. The molecule has 0 saturated carbocycles. The molecular weight excluding hydrogens is 433 g/mol. The summed E-state index contributed by atoms with van der Waals surface area (Å²) in [6.07, 6.45) is 20.2. The number of phosphoric ester groups is 1. The maximum atomic E-state index is 11.7. The van der Waals surface area contributed by atoms with E-state index in [9.17, 15) is 19.4 Å². The molecule has 0 rings (SSSR count). The Bertz CT molecular complexity index is 554. The predicted molar refractivity (Wildman–Crippen MR) is 127 cm³/mol. The topological polar surface area (TPSA) is 128 Å². The number of carbonyl (C=O) groups is 1. The van der Waals surface area contributed by atoms with Crippen molar-refractivity contribution in [1.82, 2.24) is 0 Å². The van der Waals surface area contributed by atoms with Crippen LogP contribution in [0.4, 0.5) is 0 Å². The third-order valence-electron chi connectivity index (χ3n) is 4.57. The van der Waals surface area contributed by atoms with E-state index in [1.807, 2.05) is 0 Å². The van der Waals surface area contributed by atoms with Gasteiger partial charge in [0.15, 0.2) is 0 Å². The number of unbranched alkanes of at least 4 members (excludes halogenated alkanes) is 8. The summed E-state index contributed by atoms with van der Waals surface area (Å²) in [6.45, 7) is 1.39. The maximum Gasteiger partial charge on any atom is 0.472 e. The van der Waals surface area contributed by atoms with Gasteiger partial charge in [-0.25, -0.2) is 4.57 Å². The van der Waals surface area contributed by atoms with Gasteiger partial charge in [0.25, 0.3) is 0 Å². The molecule has 0 fully saturated rings. The second-order valence-corrected chi connectivity index (χ2v) is 9.16. The molecular formula is C23H44NO7P. The molecule has 32 heavy (non-hydrogen) atoms. The van der Waals surface area contributed by atoms with E-state index in [4.69, 9.17) is 10.5 Å². The summed E-state index contributed by atoms with van der Waals surface area (Å²) < 4.78 is 25.5. The lowest BCUT2D eigenvalue weighted by Gasteiger charge is -2.15. The van der Waals surface area contributed by atoms with Gasteiger partial charge in [0, 0.05) is 13.0 Å². The van der Waals surface area contributed by atoms with E-state index in [0.29, 0.717) is 0 Å². The maximum absolute atomic E-state index is 11.7. The summed E-state index contributed by atoms with van der Waals surface area (Å²) >= 11 is 0. The van der Waals surface area contributed by atoms with Crippen LogP contribution < -0.4 is 5.73 Å². The van der Waals surface area contributed by atoms with Gasteiger partial charge in [-0.2, -0.15) is 0 Å². The largest absolute Gasteiger partial charge is 0.472 e. The Morgan fingerprint density at radius 3 is 2.22 bits per heavy atom. The van der Waals surface area contributed by atoms with Crippen LogP contribution in [0.5, 0.6) is 0 Å². The number of phosphoric acid groups is 1. The first-order valence-electron chi connectivity index (χ1n) is 11.9. The number of nitrogens with two attached hydrogens (primary N) is 1. The van der Waals surface area contributed by atoms with Gasteiger partial charge in [-0.3, -0.25) is 13.8 Å². The van der Waals surface area contributed by atoms with Gasteiger partial charge < -0.3 is 20.5 Å². The number of carbonyl (C=O) groups excluding carboxylic acids is 1. The van der Waals surface area contributed by atoms with Gasteiger partial charge in [-0.15, -0.1) is 0 Å². The summed E-state index contributed by atoms with van der Waals surface area (Å²) in [4.78, 5) is 21.0. The van der Waals surface area contributed by atoms with Gasteiger partial charge in [-0.05, 0) is 38.5 Å². The van der Waals surface area contributed by atoms with Crippen molar-refractivity contribution in [1.29, 1.82) is 0 Å². The Morgan fingerprint density at radius 2 is 1.56 bits per heavy atom. The number of hydrogen-bond acceptors (Lipinski definition) is 7. The molecule has 0 aliphatic rings. The standard InChI is InChI=1S/C23H44NO7P/c1-2-3-4-5-6-7-8-9-10-11-12-13-14-15-16-17-23(26)29-20-22(25)21-31-32(27,28)30-19-18-24/h6-7,9-10,22,25H,2-5,8,11-21,24H2,1H3,(H,27,28)/b7-6+,10-9+. The summed E-state index contributed by atoms with van der Waals surface area (Å²) in [5.74, 6) is -0.402. The number of aliphatic hydroxyl groups excluding tert-OH is 1. The zero-order valence-electron chi connectivity index (χ0n) is 19.7. The average Bonchev–Trinajstić information content (AvgIpc) is 2.77.